The highest BCUT2D eigenvalue weighted by Gasteiger charge is 2.47. The average molecular weight is 343 g/mol. The molecule has 1 aromatic carbocycles. The summed E-state index contributed by atoms with van der Waals surface area (Å²) in [6.07, 6.45) is 3.80. The van der Waals surface area contributed by atoms with Crippen LogP contribution in [-0.4, -0.2) is 42.2 Å². The van der Waals surface area contributed by atoms with E-state index >= 15 is 0 Å². The van der Waals surface area contributed by atoms with Crippen molar-refractivity contribution in [2.24, 2.45) is 11.7 Å². The highest BCUT2D eigenvalue weighted by atomic mass is 32.2. The van der Waals surface area contributed by atoms with Crippen LogP contribution in [0.5, 0.6) is 0 Å². The van der Waals surface area contributed by atoms with Crippen LogP contribution in [0.15, 0.2) is 52.4 Å². The van der Waals surface area contributed by atoms with Crippen LogP contribution in [0.1, 0.15) is 24.1 Å². The Hall–Kier alpha value is -1.40. The van der Waals surface area contributed by atoms with E-state index in [-0.39, 0.29) is 5.92 Å². The predicted octanol–water partition coefficient (Wildman–Crippen LogP) is 2.70. The van der Waals surface area contributed by atoms with Gasteiger partial charge in [-0.1, -0.05) is 30.0 Å². The zero-order chi connectivity index (χ0) is 17.2. The second kappa shape index (κ2) is 7.23. The van der Waals surface area contributed by atoms with Gasteiger partial charge in [0.2, 0.25) is 0 Å². The van der Waals surface area contributed by atoms with Gasteiger partial charge in [0.25, 0.3) is 0 Å². The summed E-state index contributed by atoms with van der Waals surface area (Å²) in [4.78, 5) is 9.16. The maximum Gasteiger partial charge on any atom is 0.137 e. The van der Waals surface area contributed by atoms with E-state index in [0.717, 1.165) is 47.0 Å². The molecule has 2 aromatic rings. The van der Waals surface area contributed by atoms with Crippen LogP contribution >= 0.6 is 11.8 Å². The van der Waals surface area contributed by atoms with E-state index < -0.39 is 5.60 Å². The molecular weight excluding hydrogens is 318 g/mol. The molecule has 128 valence electrons. The van der Waals surface area contributed by atoms with E-state index in [1.165, 1.54) is 7.05 Å². The van der Waals surface area contributed by atoms with Crippen LogP contribution in [0.2, 0.25) is 0 Å². The summed E-state index contributed by atoms with van der Waals surface area (Å²) in [5.74, 6) is 0.222. The molecule has 1 atom stereocenters. The number of hydrogen-bond acceptors (Lipinski definition) is 5. The summed E-state index contributed by atoms with van der Waals surface area (Å²) in [5, 5.41) is 11.8. The molecule has 1 fully saturated rings. The van der Waals surface area contributed by atoms with E-state index in [1.54, 1.807) is 18.0 Å². The van der Waals surface area contributed by atoms with Gasteiger partial charge in [-0.3, -0.25) is 4.98 Å². The second-order valence-electron chi connectivity index (χ2n) is 6.29. The summed E-state index contributed by atoms with van der Waals surface area (Å²) in [6.45, 7) is 2.06. The fourth-order valence-corrected chi connectivity index (χ4v) is 4.88. The number of piperidine rings is 1. The van der Waals surface area contributed by atoms with Gasteiger partial charge in [-0.2, -0.15) is 0 Å². The third kappa shape index (κ3) is 2.86. The number of likely N-dealkylation sites (tertiary alicyclic amines) is 1. The monoisotopic (exact) mass is 343 g/mol. The fraction of sp³-hybridized carbons (Fsp3) is 0.421. The molecule has 2 aliphatic heterocycles. The van der Waals surface area contributed by atoms with E-state index in [1.807, 2.05) is 18.2 Å². The quantitative estimate of drug-likeness (QED) is 0.834. The van der Waals surface area contributed by atoms with E-state index in [9.17, 15) is 5.11 Å². The first-order valence-corrected chi connectivity index (χ1v) is 9.23. The Kier molecular flexibility index (Phi) is 5.25. The number of pyridine rings is 1. The van der Waals surface area contributed by atoms with E-state index in [4.69, 9.17) is 0 Å². The number of nitrogens with two attached hydrogens (primary N) is 1. The first kappa shape index (κ1) is 17.4. The number of fused-ring (bicyclic) bond motifs is 2. The van der Waals surface area contributed by atoms with Gasteiger partial charge >= 0.3 is 0 Å². The number of aliphatic hydroxyl groups is 1. The zero-order valence-electron chi connectivity index (χ0n) is 14.3. The molecule has 24 heavy (non-hydrogen) atoms. The SMILES string of the molecule is CN.CN1CCC(C2(O)c3ccccc3Sc3cccnc32)CC1. The Morgan fingerprint density at radius 3 is 2.54 bits per heavy atom. The molecule has 0 bridgehead atoms. The van der Waals surface area contributed by atoms with Crippen LogP contribution in [0.25, 0.3) is 0 Å². The number of benzene rings is 1. The number of rotatable bonds is 1. The van der Waals surface area contributed by atoms with E-state index in [2.05, 4.69) is 40.9 Å². The molecule has 3 heterocycles. The number of aromatic nitrogens is 1. The zero-order valence-corrected chi connectivity index (χ0v) is 15.1. The maximum absolute atomic E-state index is 11.8. The minimum Gasteiger partial charge on any atom is -0.378 e. The smallest absolute Gasteiger partial charge is 0.137 e. The second-order valence-corrected chi connectivity index (χ2v) is 7.38. The van der Waals surface area contributed by atoms with Crippen molar-refractivity contribution in [3.05, 3.63) is 53.9 Å². The Morgan fingerprint density at radius 2 is 1.79 bits per heavy atom. The third-order valence-corrected chi connectivity index (χ3v) is 6.08. The lowest BCUT2D eigenvalue weighted by molar-refractivity contribution is -0.0195. The Labute approximate surface area is 148 Å². The number of hydrogen-bond donors (Lipinski definition) is 2. The van der Waals surface area contributed by atoms with Crippen LogP contribution in [0.4, 0.5) is 0 Å². The summed E-state index contributed by atoms with van der Waals surface area (Å²) >= 11 is 1.72. The van der Waals surface area contributed by atoms with Crippen molar-refractivity contribution in [2.45, 2.75) is 28.2 Å². The Balaban J connectivity index is 0.000000815. The molecule has 4 nitrogen and oxygen atoms in total. The first-order valence-electron chi connectivity index (χ1n) is 8.41. The van der Waals surface area contributed by atoms with Crippen LogP contribution in [0.3, 0.4) is 0 Å². The molecule has 2 aliphatic rings. The predicted molar refractivity (Wildman–Crippen MR) is 98.1 cm³/mol. The van der Waals surface area contributed by atoms with Gasteiger partial charge in [0.1, 0.15) is 5.60 Å². The molecule has 0 amide bonds. The van der Waals surface area contributed by atoms with Crippen molar-refractivity contribution in [1.82, 2.24) is 9.88 Å². The summed E-state index contributed by atoms with van der Waals surface area (Å²) < 4.78 is 0. The topological polar surface area (TPSA) is 62.4 Å². The van der Waals surface area contributed by atoms with Gasteiger partial charge < -0.3 is 15.7 Å². The summed E-state index contributed by atoms with van der Waals surface area (Å²) in [5.41, 5.74) is 5.41. The van der Waals surface area contributed by atoms with Crippen molar-refractivity contribution < 1.29 is 5.11 Å². The van der Waals surface area contributed by atoms with Gasteiger partial charge in [0.15, 0.2) is 0 Å². The molecule has 4 rings (SSSR count). The molecule has 1 saturated heterocycles. The minimum atomic E-state index is -0.959. The molecule has 0 saturated carbocycles. The van der Waals surface area contributed by atoms with Gasteiger partial charge in [0.05, 0.1) is 5.69 Å². The molecule has 1 unspecified atom stereocenters. The molecular formula is C19H25N3OS. The van der Waals surface area contributed by atoms with Crippen LogP contribution in [-0.2, 0) is 5.60 Å². The highest BCUT2D eigenvalue weighted by Crippen LogP contribution is 2.52. The molecule has 3 N–H and O–H groups in total. The van der Waals surface area contributed by atoms with Crippen molar-refractivity contribution >= 4 is 11.8 Å². The van der Waals surface area contributed by atoms with Gasteiger partial charge in [-0.05, 0) is 58.2 Å². The normalized spacial score (nSPS) is 23.7. The first-order chi connectivity index (χ1) is 11.7. The Morgan fingerprint density at radius 1 is 1.12 bits per heavy atom. The van der Waals surface area contributed by atoms with Gasteiger partial charge in [0, 0.05) is 27.5 Å². The third-order valence-electron chi connectivity index (χ3n) is 4.96. The lowest BCUT2D eigenvalue weighted by Gasteiger charge is -2.43. The van der Waals surface area contributed by atoms with Crippen LogP contribution in [0, 0.1) is 5.92 Å². The lowest BCUT2D eigenvalue weighted by Crippen LogP contribution is -2.45. The summed E-state index contributed by atoms with van der Waals surface area (Å²) in [6, 6.07) is 12.3. The fourth-order valence-electron chi connectivity index (χ4n) is 3.72. The molecule has 0 aliphatic carbocycles. The summed E-state index contributed by atoms with van der Waals surface area (Å²) in [7, 11) is 3.65. The number of nitrogens with zero attached hydrogens (tertiary/aromatic N) is 2. The Bertz CT molecular complexity index is 653. The van der Waals surface area contributed by atoms with Crippen LogP contribution < -0.4 is 5.73 Å². The standard InChI is InChI=1S/C18H20N2OS.CH5N/c1-20-11-8-13(9-12-20)18(21)14-5-2-3-6-15(14)22-16-7-4-10-19-17(16)18;1-2/h2-7,10,13,21H,8-9,11-12H2,1H3;2H2,1H3. The molecule has 0 radical (unpaired) electrons. The maximum atomic E-state index is 11.8. The largest absolute Gasteiger partial charge is 0.378 e. The molecule has 5 heteroatoms. The molecule has 1 aromatic heterocycles. The minimum absolute atomic E-state index is 0.222. The highest BCUT2D eigenvalue weighted by molar-refractivity contribution is 7.99. The van der Waals surface area contributed by atoms with Crippen molar-refractivity contribution in [1.29, 1.82) is 0 Å². The van der Waals surface area contributed by atoms with Crippen molar-refractivity contribution in [3.63, 3.8) is 0 Å². The van der Waals surface area contributed by atoms with Gasteiger partial charge in [-0.25, -0.2) is 0 Å². The lowest BCUT2D eigenvalue weighted by atomic mass is 9.73. The molecule has 0 spiro atoms. The average Bonchev–Trinajstić information content (AvgIpc) is 2.64. The van der Waals surface area contributed by atoms with E-state index in [0.29, 0.717) is 0 Å². The van der Waals surface area contributed by atoms with Crippen molar-refractivity contribution in [2.75, 3.05) is 27.2 Å². The van der Waals surface area contributed by atoms with Gasteiger partial charge in [-0.15, -0.1) is 0 Å². The van der Waals surface area contributed by atoms with Crippen molar-refractivity contribution in [3.8, 4) is 0 Å².